The number of carbonyl (C=O) groups excluding carboxylic acids is 1. The lowest BCUT2D eigenvalue weighted by Crippen LogP contribution is -2.48. The summed E-state index contributed by atoms with van der Waals surface area (Å²) in [5.41, 5.74) is 3.72. The Morgan fingerprint density at radius 1 is 1.11 bits per heavy atom. The second-order valence-electron chi connectivity index (χ2n) is 7.75. The molecule has 0 aliphatic carbocycles. The van der Waals surface area contributed by atoms with E-state index >= 15 is 0 Å². The number of nitrogens with zero attached hydrogens (tertiary/aromatic N) is 1. The molecule has 0 radical (unpaired) electrons. The van der Waals surface area contributed by atoms with Gasteiger partial charge in [0, 0.05) is 18.8 Å². The highest BCUT2D eigenvalue weighted by atomic mass is 19.1. The Hall–Kier alpha value is -2.40. The van der Waals surface area contributed by atoms with Crippen LogP contribution in [0.3, 0.4) is 0 Å². The number of benzene rings is 2. The van der Waals surface area contributed by atoms with Crippen molar-refractivity contribution in [2.45, 2.75) is 52.7 Å². The van der Waals surface area contributed by atoms with Gasteiger partial charge in [-0.1, -0.05) is 18.2 Å². The van der Waals surface area contributed by atoms with Gasteiger partial charge in [0.25, 0.3) is 0 Å². The maximum Gasteiger partial charge on any atom is 0.241 e. The van der Waals surface area contributed by atoms with Crippen LogP contribution in [0.25, 0.3) is 0 Å². The van der Waals surface area contributed by atoms with Crippen molar-refractivity contribution in [3.8, 4) is 5.75 Å². The molecule has 0 bridgehead atoms. The molecule has 5 heteroatoms. The molecule has 1 heterocycles. The van der Waals surface area contributed by atoms with Crippen molar-refractivity contribution in [3.63, 3.8) is 0 Å². The topological polar surface area (TPSA) is 41.6 Å². The molecule has 2 aromatic carbocycles. The van der Waals surface area contributed by atoms with E-state index in [2.05, 4.69) is 42.3 Å². The van der Waals surface area contributed by atoms with Crippen LogP contribution in [0.5, 0.6) is 5.75 Å². The van der Waals surface area contributed by atoms with Crippen molar-refractivity contribution in [2.24, 2.45) is 0 Å². The average molecular weight is 384 g/mol. The molecule has 1 unspecified atom stereocenters. The number of carbonyl (C=O) groups is 1. The summed E-state index contributed by atoms with van der Waals surface area (Å²) in [5, 5.41) is 2.86. The van der Waals surface area contributed by atoms with Crippen molar-refractivity contribution in [1.82, 2.24) is 4.90 Å². The summed E-state index contributed by atoms with van der Waals surface area (Å²) < 4.78 is 19.7. The van der Waals surface area contributed by atoms with Crippen LogP contribution in [0.4, 0.5) is 10.1 Å². The lowest BCUT2D eigenvalue weighted by molar-refractivity contribution is -0.121. The van der Waals surface area contributed by atoms with Gasteiger partial charge in [-0.2, -0.15) is 0 Å². The Morgan fingerprint density at radius 3 is 2.50 bits per heavy atom. The van der Waals surface area contributed by atoms with Gasteiger partial charge in [0.2, 0.25) is 5.91 Å². The van der Waals surface area contributed by atoms with Crippen molar-refractivity contribution in [1.29, 1.82) is 0 Å². The van der Waals surface area contributed by atoms with Crippen LogP contribution in [-0.4, -0.2) is 36.0 Å². The fourth-order valence-corrected chi connectivity index (χ4v) is 3.53. The monoisotopic (exact) mass is 384 g/mol. The summed E-state index contributed by atoms with van der Waals surface area (Å²) >= 11 is 0. The Balaban J connectivity index is 1.54. The lowest BCUT2D eigenvalue weighted by atomic mass is 10.0. The number of nitrogens with one attached hydrogen (secondary N) is 1. The molecule has 1 aliphatic heterocycles. The van der Waals surface area contributed by atoms with Gasteiger partial charge in [-0.25, -0.2) is 4.39 Å². The third kappa shape index (κ3) is 4.90. The summed E-state index contributed by atoms with van der Waals surface area (Å²) in [6.07, 6.45) is 1.92. The van der Waals surface area contributed by atoms with Gasteiger partial charge in [0.1, 0.15) is 17.7 Å². The first-order chi connectivity index (χ1) is 13.3. The van der Waals surface area contributed by atoms with E-state index in [1.54, 1.807) is 6.07 Å². The first-order valence-electron chi connectivity index (χ1n) is 9.88. The largest absolute Gasteiger partial charge is 0.490 e. The Morgan fingerprint density at radius 2 is 1.79 bits per heavy atom. The van der Waals surface area contributed by atoms with Crippen LogP contribution in [0.15, 0.2) is 36.4 Å². The molecular weight excluding hydrogens is 355 g/mol. The van der Waals surface area contributed by atoms with E-state index in [0.29, 0.717) is 5.69 Å². The van der Waals surface area contributed by atoms with Gasteiger partial charge in [-0.15, -0.1) is 0 Å². The molecule has 2 aromatic rings. The molecule has 3 rings (SSSR count). The summed E-state index contributed by atoms with van der Waals surface area (Å²) in [7, 11) is 0. The Bertz CT molecular complexity index is 844. The van der Waals surface area contributed by atoms with Crippen LogP contribution >= 0.6 is 0 Å². The normalized spacial score (nSPS) is 16.6. The SMILES string of the molecule is Cc1ccc(C)c(OC2CCN(C(C)C(=O)Nc3cc(F)ccc3C)CC2)c1. The van der Waals surface area contributed by atoms with Crippen molar-refractivity contribution in [2.75, 3.05) is 18.4 Å². The van der Waals surface area contributed by atoms with Gasteiger partial charge in [0.05, 0.1) is 6.04 Å². The Labute approximate surface area is 166 Å². The highest BCUT2D eigenvalue weighted by Gasteiger charge is 2.28. The lowest BCUT2D eigenvalue weighted by Gasteiger charge is -2.35. The number of hydrogen-bond acceptors (Lipinski definition) is 3. The number of anilines is 1. The Kier molecular flexibility index (Phi) is 6.35. The minimum atomic E-state index is -0.349. The van der Waals surface area contributed by atoms with Crippen molar-refractivity contribution < 1.29 is 13.9 Å². The number of likely N-dealkylation sites (tertiary alicyclic amines) is 1. The van der Waals surface area contributed by atoms with E-state index in [0.717, 1.165) is 42.8 Å². The fraction of sp³-hybridized carbons (Fsp3) is 0.435. The van der Waals surface area contributed by atoms with E-state index in [1.807, 2.05) is 13.8 Å². The van der Waals surface area contributed by atoms with Gasteiger partial charge in [-0.3, -0.25) is 9.69 Å². The zero-order chi connectivity index (χ0) is 20.3. The molecule has 1 amide bonds. The van der Waals surface area contributed by atoms with Crippen LogP contribution in [0, 0.1) is 26.6 Å². The van der Waals surface area contributed by atoms with Gasteiger partial charge >= 0.3 is 0 Å². The number of piperidine rings is 1. The number of hydrogen-bond donors (Lipinski definition) is 1. The minimum absolute atomic E-state index is 0.109. The molecule has 1 saturated heterocycles. The summed E-state index contributed by atoms with van der Waals surface area (Å²) in [6.45, 7) is 9.48. The maximum absolute atomic E-state index is 13.5. The predicted molar refractivity (Wildman–Crippen MR) is 110 cm³/mol. The molecule has 28 heavy (non-hydrogen) atoms. The summed E-state index contributed by atoms with van der Waals surface area (Å²) in [4.78, 5) is 14.8. The van der Waals surface area contributed by atoms with E-state index < -0.39 is 0 Å². The quantitative estimate of drug-likeness (QED) is 0.818. The third-order valence-corrected chi connectivity index (χ3v) is 5.50. The molecule has 1 N–H and O–H groups in total. The second kappa shape index (κ2) is 8.74. The number of rotatable bonds is 5. The molecule has 150 valence electrons. The number of aryl methyl sites for hydroxylation is 3. The number of ether oxygens (including phenoxy) is 1. The summed E-state index contributed by atoms with van der Waals surface area (Å²) in [5.74, 6) is 0.492. The first-order valence-corrected chi connectivity index (χ1v) is 9.88. The maximum atomic E-state index is 13.5. The standard InChI is InChI=1S/C23H29FN2O2/c1-15-5-6-17(3)22(13-15)28-20-9-11-26(12-10-20)18(4)23(27)25-21-14-19(24)8-7-16(21)2/h5-8,13-14,18,20H,9-12H2,1-4H3,(H,25,27). The van der Waals surface area contributed by atoms with Crippen molar-refractivity contribution >= 4 is 11.6 Å². The predicted octanol–water partition coefficient (Wildman–Crippen LogP) is 4.62. The molecule has 1 atom stereocenters. The fourth-order valence-electron chi connectivity index (χ4n) is 3.53. The molecular formula is C23H29FN2O2. The average Bonchev–Trinajstić information content (AvgIpc) is 2.67. The zero-order valence-electron chi connectivity index (χ0n) is 17.1. The molecule has 0 saturated carbocycles. The van der Waals surface area contributed by atoms with Crippen LogP contribution < -0.4 is 10.1 Å². The van der Waals surface area contributed by atoms with Gasteiger partial charge in [0.15, 0.2) is 0 Å². The van der Waals surface area contributed by atoms with E-state index in [1.165, 1.54) is 17.7 Å². The third-order valence-electron chi connectivity index (χ3n) is 5.50. The summed E-state index contributed by atoms with van der Waals surface area (Å²) in [6, 6.07) is 10.4. The van der Waals surface area contributed by atoms with E-state index in [4.69, 9.17) is 4.74 Å². The molecule has 1 aliphatic rings. The second-order valence-corrected chi connectivity index (χ2v) is 7.75. The zero-order valence-corrected chi connectivity index (χ0v) is 17.1. The van der Waals surface area contributed by atoms with Gasteiger partial charge in [-0.05, 0) is 75.4 Å². The van der Waals surface area contributed by atoms with Crippen LogP contribution in [-0.2, 0) is 4.79 Å². The highest BCUT2D eigenvalue weighted by Crippen LogP contribution is 2.25. The van der Waals surface area contributed by atoms with Crippen molar-refractivity contribution in [3.05, 3.63) is 58.9 Å². The van der Waals surface area contributed by atoms with Crippen LogP contribution in [0.2, 0.25) is 0 Å². The molecule has 0 spiro atoms. The molecule has 1 fully saturated rings. The smallest absolute Gasteiger partial charge is 0.241 e. The molecule has 0 aromatic heterocycles. The van der Waals surface area contributed by atoms with E-state index in [9.17, 15) is 9.18 Å². The first kappa shape index (κ1) is 20.3. The minimum Gasteiger partial charge on any atom is -0.490 e. The molecule has 4 nitrogen and oxygen atoms in total. The van der Waals surface area contributed by atoms with Crippen LogP contribution in [0.1, 0.15) is 36.5 Å². The number of halogens is 1. The van der Waals surface area contributed by atoms with Gasteiger partial charge < -0.3 is 10.1 Å². The van der Waals surface area contributed by atoms with E-state index in [-0.39, 0.29) is 23.9 Å². The highest BCUT2D eigenvalue weighted by molar-refractivity contribution is 5.95. The number of amides is 1.